The average Bonchev–Trinajstić information content (AvgIpc) is 3.06. The van der Waals surface area contributed by atoms with E-state index in [1.165, 1.54) is 0 Å². The van der Waals surface area contributed by atoms with Crippen molar-refractivity contribution in [2.75, 3.05) is 39.4 Å². The van der Waals surface area contributed by atoms with Crippen molar-refractivity contribution in [3.63, 3.8) is 0 Å². The number of rotatable bonds is 4. The standard InChI is InChI=1S/C23H29N3O4/c1-15-4-5-18-17(13-15)21(27)19-20(16-3-2-6-24-14-16)26(23(28)22(19)30-18)8-7-25-9-11-29-12-10-25/h2-3,6,14-15,17-18,20H,4-5,7-13H2,1H3. The van der Waals surface area contributed by atoms with Crippen LogP contribution in [-0.2, 0) is 19.1 Å². The Morgan fingerprint density at radius 1 is 1.17 bits per heavy atom. The lowest BCUT2D eigenvalue weighted by molar-refractivity contribution is -0.136. The van der Waals surface area contributed by atoms with Gasteiger partial charge in [0.25, 0.3) is 5.91 Å². The number of ketones is 1. The molecule has 4 atom stereocenters. The largest absolute Gasteiger partial charge is 0.483 e. The van der Waals surface area contributed by atoms with Gasteiger partial charge in [0.2, 0.25) is 0 Å². The van der Waals surface area contributed by atoms with Gasteiger partial charge in [-0.25, -0.2) is 0 Å². The highest BCUT2D eigenvalue weighted by atomic mass is 16.5. The molecule has 1 amide bonds. The lowest BCUT2D eigenvalue weighted by Crippen LogP contribution is -2.43. The summed E-state index contributed by atoms with van der Waals surface area (Å²) in [4.78, 5) is 35.4. The number of hydrogen-bond acceptors (Lipinski definition) is 6. The summed E-state index contributed by atoms with van der Waals surface area (Å²) in [5.41, 5.74) is 1.42. The summed E-state index contributed by atoms with van der Waals surface area (Å²) in [6.07, 6.45) is 6.03. The van der Waals surface area contributed by atoms with Crippen LogP contribution in [0.25, 0.3) is 0 Å². The molecule has 0 spiro atoms. The second kappa shape index (κ2) is 8.12. The lowest BCUT2D eigenvalue weighted by atomic mass is 9.74. The Labute approximate surface area is 177 Å². The van der Waals surface area contributed by atoms with Crippen LogP contribution in [0.5, 0.6) is 0 Å². The number of hydrogen-bond donors (Lipinski definition) is 0. The van der Waals surface area contributed by atoms with Crippen LogP contribution in [-0.4, -0.2) is 72.0 Å². The van der Waals surface area contributed by atoms with E-state index >= 15 is 0 Å². The van der Waals surface area contributed by atoms with Crippen LogP contribution in [0, 0.1) is 11.8 Å². The van der Waals surface area contributed by atoms with Gasteiger partial charge < -0.3 is 14.4 Å². The molecule has 4 unspecified atom stereocenters. The lowest BCUT2D eigenvalue weighted by Gasteiger charge is -2.37. The van der Waals surface area contributed by atoms with E-state index in [4.69, 9.17) is 9.47 Å². The van der Waals surface area contributed by atoms with Crippen LogP contribution < -0.4 is 0 Å². The summed E-state index contributed by atoms with van der Waals surface area (Å²) in [6.45, 7) is 6.67. The number of amides is 1. The molecule has 0 bridgehead atoms. The molecule has 160 valence electrons. The minimum Gasteiger partial charge on any atom is -0.483 e. The second-order valence-electron chi connectivity index (χ2n) is 8.93. The van der Waals surface area contributed by atoms with Crippen LogP contribution in [0.3, 0.4) is 0 Å². The molecule has 1 aliphatic carbocycles. The Morgan fingerprint density at radius 2 is 2.00 bits per heavy atom. The van der Waals surface area contributed by atoms with Crippen LogP contribution >= 0.6 is 0 Å². The van der Waals surface area contributed by atoms with E-state index in [-0.39, 0.29) is 29.5 Å². The number of aromatic nitrogens is 1. The van der Waals surface area contributed by atoms with Crippen molar-refractivity contribution in [2.24, 2.45) is 11.8 Å². The predicted octanol–water partition coefficient (Wildman–Crippen LogP) is 1.96. The summed E-state index contributed by atoms with van der Waals surface area (Å²) in [7, 11) is 0. The Balaban J connectivity index is 1.46. The van der Waals surface area contributed by atoms with Gasteiger partial charge in [-0.3, -0.25) is 19.5 Å². The van der Waals surface area contributed by atoms with Crippen molar-refractivity contribution in [1.29, 1.82) is 0 Å². The Bertz CT molecular complexity index is 849. The minimum atomic E-state index is -0.409. The van der Waals surface area contributed by atoms with E-state index < -0.39 is 6.04 Å². The quantitative estimate of drug-likeness (QED) is 0.754. The normalized spacial score (nSPS) is 32.1. The zero-order valence-corrected chi connectivity index (χ0v) is 17.5. The molecular formula is C23H29N3O4. The molecule has 0 N–H and O–H groups in total. The monoisotopic (exact) mass is 411 g/mol. The maximum absolute atomic E-state index is 13.6. The molecule has 2 fully saturated rings. The Morgan fingerprint density at radius 3 is 2.77 bits per heavy atom. The van der Waals surface area contributed by atoms with E-state index in [9.17, 15) is 9.59 Å². The highest BCUT2D eigenvalue weighted by Crippen LogP contribution is 2.47. The number of carbonyl (C=O) groups excluding carboxylic acids is 2. The number of fused-ring (bicyclic) bond motifs is 1. The van der Waals surface area contributed by atoms with Gasteiger partial charge in [0.15, 0.2) is 11.5 Å². The van der Waals surface area contributed by atoms with Crippen molar-refractivity contribution < 1.29 is 19.1 Å². The highest BCUT2D eigenvalue weighted by molar-refractivity contribution is 6.11. The van der Waals surface area contributed by atoms with Gasteiger partial charge >= 0.3 is 0 Å². The fourth-order valence-corrected chi connectivity index (χ4v) is 5.31. The summed E-state index contributed by atoms with van der Waals surface area (Å²) in [5, 5.41) is 0. The van der Waals surface area contributed by atoms with Crippen molar-refractivity contribution in [2.45, 2.75) is 38.3 Å². The molecule has 3 aliphatic heterocycles. The minimum absolute atomic E-state index is 0.101. The van der Waals surface area contributed by atoms with Gasteiger partial charge in [-0.1, -0.05) is 13.0 Å². The molecule has 1 saturated carbocycles. The van der Waals surface area contributed by atoms with E-state index in [2.05, 4.69) is 16.8 Å². The van der Waals surface area contributed by atoms with E-state index in [0.717, 1.165) is 57.7 Å². The zero-order chi connectivity index (χ0) is 20.7. The van der Waals surface area contributed by atoms with Gasteiger partial charge in [0, 0.05) is 38.6 Å². The van der Waals surface area contributed by atoms with Crippen LogP contribution in [0.1, 0.15) is 37.8 Å². The van der Waals surface area contributed by atoms with Crippen molar-refractivity contribution in [3.8, 4) is 0 Å². The number of morpholine rings is 1. The van der Waals surface area contributed by atoms with Crippen LogP contribution in [0.4, 0.5) is 0 Å². The molecule has 1 saturated heterocycles. The van der Waals surface area contributed by atoms with Gasteiger partial charge in [-0.2, -0.15) is 0 Å². The van der Waals surface area contributed by atoms with Crippen molar-refractivity contribution >= 4 is 11.7 Å². The third-order valence-corrected chi connectivity index (χ3v) is 6.97. The number of ether oxygens (including phenoxy) is 2. The summed E-state index contributed by atoms with van der Waals surface area (Å²) in [6, 6.07) is 3.40. The first kappa shape index (κ1) is 19.7. The first-order valence-electron chi connectivity index (χ1n) is 11.1. The number of nitrogens with zero attached hydrogens (tertiary/aromatic N) is 3. The third kappa shape index (κ3) is 3.44. The SMILES string of the molecule is CC1CCC2OC3=C(C(=O)C2C1)C(c1cccnc1)N(CCN1CCOCC1)C3=O. The smallest absolute Gasteiger partial charge is 0.290 e. The van der Waals surface area contributed by atoms with Gasteiger partial charge in [-0.05, 0) is 36.8 Å². The molecule has 4 aliphatic rings. The fourth-order valence-electron chi connectivity index (χ4n) is 5.31. The van der Waals surface area contributed by atoms with Gasteiger partial charge in [-0.15, -0.1) is 0 Å². The van der Waals surface area contributed by atoms with Crippen LogP contribution in [0.15, 0.2) is 35.9 Å². The molecule has 4 heterocycles. The number of Topliss-reactive ketones (excluding diaryl/α,β-unsaturated/α-hetero) is 1. The summed E-state index contributed by atoms with van der Waals surface area (Å²) < 4.78 is 11.7. The molecule has 7 heteroatoms. The Kier molecular flexibility index (Phi) is 5.33. The second-order valence-corrected chi connectivity index (χ2v) is 8.93. The molecule has 1 aromatic rings. The summed E-state index contributed by atoms with van der Waals surface area (Å²) in [5.74, 6) is 0.596. The van der Waals surface area contributed by atoms with Crippen LogP contribution in [0.2, 0.25) is 0 Å². The molecule has 0 aromatic carbocycles. The highest BCUT2D eigenvalue weighted by Gasteiger charge is 2.52. The van der Waals surface area contributed by atoms with Crippen molar-refractivity contribution in [1.82, 2.24) is 14.8 Å². The fraction of sp³-hybridized carbons (Fsp3) is 0.609. The maximum Gasteiger partial charge on any atom is 0.290 e. The molecule has 5 rings (SSSR count). The molecule has 1 aromatic heterocycles. The average molecular weight is 412 g/mol. The maximum atomic E-state index is 13.6. The van der Waals surface area contributed by atoms with E-state index in [1.807, 2.05) is 17.0 Å². The first-order valence-corrected chi connectivity index (χ1v) is 11.1. The first-order chi connectivity index (χ1) is 14.6. The molecular weight excluding hydrogens is 382 g/mol. The topological polar surface area (TPSA) is 72.0 Å². The molecule has 0 radical (unpaired) electrons. The van der Waals surface area contributed by atoms with Gasteiger partial charge in [0.05, 0.1) is 30.7 Å². The molecule has 7 nitrogen and oxygen atoms in total. The molecule has 30 heavy (non-hydrogen) atoms. The number of pyridine rings is 1. The zero-order valence-electron chi connectivity index (χ0n) is 17.5. The predicted molar refractivity (Wildman–Crippen MR) is 109 cm³/mol. The van der Waals surface area contributed by atoms with E-state index in [1.54, 1.807) is 12.4 Å². The summed E-state index contributed by atoms with van der Waals surface area (Å²) >= 11 is 0. The van der Waals surface area contributed by atoms with E-state index in [0.29, 0.717) is 18.0 Å². The Hall–Kier alpha value is -2.25. The third-order valence-electron chi connectivity index (χ3n) is 6.97. The van der Waals surface area contributed by atoms with Gasteiger partial charge in [0.1, 0.15) is 6.10 Å². The number of carbonyl (C=O) groups is 2. The van der Waals surface area contributed by atoms with Crippen molar-refractivity contribution in [3.05, 3.63) is 41.4 Å².